The summed E-state index contributed by atoms with van der Waals surface area (Å²) in [5, 5.41) is 10.2. The van der Waals surface area contributed by atoms with Crippen molar-refractivity contribution in [1.82, 2.24) is 9.97 Å². The van der Waals surface area contributed by atoms with Gasteiger partial charge in [0, 0.05) is 11.6 Å². The van der Waals surface area contributed by atoms with Crippen LogP contribution in [0.1, 0.15) is 11.4 Å². The van der Waals surface area contributed by atoms with Gasteiger partial charge in [0.1, 0.15) is 17.0 Å². The van der Waals surface area contributed by atoms with Gasteiger partial charge in [0.2, 0.25) is 0 Å². The number of aromatic hydroxyl groups is 1. The monoisotopic (exact) mass is 278 g/mol. The van der Waals surface area contributed by atoms with Crippen molar-refractivity contribution >= 4 is 23.1 Å². The number of methoxy groups -OCH3 is 1. The van der Waals surface area contributed by atoms with E-state index in [0.717, 1.165) is 22.2 Å². The van der Waals surface area contributed by atoms with E-state index >= 15 is 0 Å². The number of aromatic nitrogens is 2. The van der Waals surface area contributed by atoms with E-state index in [1.165, 1.54) is 0 Å². The summed E-state index contributed by atoms with van der Waals surface area (Å²) >= 11 is 0. The number of hydrogen-bond donors (Lipinski definition) is 1. The second-order valence-corrected chi connectivity index (χ2v) is 4.55. The molecule has 3 aromatic rings. The molecule has 0 aliphatic carbocycles. The van der Waals surface area contributed by atoms with Gasteiger partial charge in [-0.15, -0.1) is 0 Å². The second-order valence-electron chi connectivity index (χ2n) is 4.55. The average molecular weight is 278 g/mol. The van der Waals surface area contributed by atoms with Gasteiger partial charge in [-0.1, -0.05) is 30.3 Å². The Kier molecular flexibility index (Phi) is 3.51. The number of phenols is 1. The molecule has 104 valence electrons. The van der Waals surface area contributed by atoms with Crippen molar-refractivity contribution in [3.8, 4) is 11.5 Å². The minimum Gasteiger partial charge on any atom is -0.508 e. The van der Waals surface area contributed by atoms with Crippen LogP contribution in [0.15, 0.2) is 48.7 Å². The molecule has 0 unspecified atom stereocenters. The summed E-state index contributed by atoms with van der Waals surface area (Å²) in [7, 11) is 1.63. The Hall–Kier alpha value is -2.88. The molecule has 2 aromatic carbocycles. The van der Waals surface area contributed by atoms with Crippen LogP contribution in [0.5, 0.6) is 11.5 Å². The van der Waals surface area contributed by atoms with E-state index in [-0.39, 0.29) is 5.75 Å². The Bertz CT molecular complexity index is 795. The van der Waals surface area contributed by atoms with Crippen LogP contribution in [0.3, 0.4) is 0 Å². The van der Waals surface area contributed by atoms with Crippen LogP contribution in [0.2, 0.25) is 0 Å². The fourth-order valence-corrected chi connectivity index (χ4v) is 2.04. The highest BCUT2D eigenvalue weighted by molar-refractivity contribution is 5.84. The SMILES string of the molecule is COc1cccc2cnc(/C=C/c3ccc(O)cc3)nc12. The summed E-state index contributed by atoms with van der Waals surface area (Å²) in [4.78, 5) is 8.82. The molecule has 1 aromatic heterocycles. The van der Waals surface area contributed by atoms with Gasteiger partial charge in [0.05, 0.1) is 7.11 Å². The van der Waals surface area contributed by atoms with Crippen molar-refractivity contribution < 1.29 is 9.84 Å². The smallest absolute Gasteiger partial charge is 0.152 e. The van der Waals surface area contributed by atoms with Gasteiger partial charge >= 0.3 is 0 Å². The van der Waals surface area contributed by atoms with Gasteiger partial charge in [-0.3, -0.25) is 0 Å². The molecule has 0 saturated carbocycles. The summed E-state index contributed by atoms with van der Waals surface area (Å²) in [6, 6.07) is 12.7. The van der Waals surface area contributed by atoms with E-state index < -0.39 is 0 Å². The zero-order valence-corrected chi connectivity index (χ0v) is 11.5. The van der Waals surface area contributed by atoms with E-state index in [1.807, 2.05) is 42.5 Å². The molecule has 21 heavy (non-hydrogen) atoms. The lowest BCUT2D eigenvalue weighted by Gasteiger charge is -2.04. The molecule has 0 aliphatic rings. The molecular weight excluding hydrogens is 264 g/mol. The minimum absolute atomic E-state index is 0.249. The van der Waals surface area contributed by atoms with Crippen molar-refractivity contribution in [2.24, 2.45) is 0 Å². The number of ether oxygens (including phenoxy) is 1. The predicted octanol–water partition coefficient (Wildman–Crippen LogP) is 3.51. The number of phenolic OH excluding ortho intramolecular Hbond substituents is 1. The van der Waals surface area contributed by atoms with Crippen LogP contribution in [0, 0.1) is 0 Å². The van der Waals surface area contributed by atoms with Gasteiger partial charge in [-0.25, -0.2) is 9.97 Å². The summed E-state index contributed by atoms with van der Waals surface area (Å²) in [5.74, 6) is 1.59. The van der Waals surface area contributed by atoms with Crippen LogP contribution in [-0.4, -0.2) is 22.2 Å². The van der Waals surface area contributed by atoms with Crippen LogP contribution in [0.25, 0.3) is 23.1 Å². The summed E-state index contributed by atoms with van der Waals surface area (Å²) in [5.41, 5.74) is 1.76. The van der Waals surface area contributed by atoms with Crippen molar-refractivity contribution in [3.05, 3.63) is 60.0 Å². The molecule has 4 nitrogen and oxygen atoms in total. The molecule has 0 atom stereocenters. The topological polar surface area (TPSA) is 55.2 Å². The third kappa shape index (κ3) is 2.84. The zero-order chi connectivity index (χ0) is 14.7. The molecule has 0 aliphatic heterocycles. The van der Waals surface area contributed by atoms with Crippen LogP contribution in [0.4, 0.5) is 0 Å². The lowest BCUT2D eigenvalue weighted by atomic mass is 10.2. The highest BCUT2D eigenvalue weighted by atomic mass is 16.5. The van der Waals surface area contributed by atoms with Crippen molar-refractivity contribution in [2.45, 2.75) is 0 Å². The predicted molar refractivity (Wildman–Crippen MR) is 83.1 cm³/mol. The van der Waals surface area contributed by atoms with E-state index in [0.29, 0.717) is 5.82 Å². The maximum Gasteiger partial charge on any atom is 0.152 e. The lowest BCUT2D eigenvalue weighted by Crippen LogP contribution is -1.92. The van der Waals surface area contributed by atoms with E-state index in [4.69, 9.17) is 4.74 Å². The first-order valence-electron chi connectivity index (χ1n) is 6.53. The fraction of sp³-hybridized carbons (Fsp3) is 0.0588. The second kappa shape index (κ2) is 5.63. The number of hydrogen-bond acceptors (Lipinski definition) is 4. The van der Waals surface area contributed by atoms with E-state index in [1.54, 1.807) is 25.4 Å². The average Bonchev–Trinajstić information content (AvgIpc) is 2.53. The third-order valence-corrected chi connectivity index (χ3v) is 3.13. The molecule has 0 amide bonds. The van der Waals surface area contributed by atoms with E-state index in [2.05, 4.69) is 9.97 Å². The van der Waals surface area contributed by atoms with Gasteiger partial charge in [0.15, 0.2) is 5.82 Å². The largest absolute Gasteiger partial charge is 0.508 e. The quantitative estimate of drug-likeness (QED) is 0.796. The highest BCUT2D eigenvalue weighted by Gasteiger charge is 2.03. The summed E-state index contributed by atoms with van der Waals surface area (Å²) in [6.45, 7) is 0. The minimum atomic E-state index is 0.249. The Labute approximate surface area is 122 Å². The van der Waals surface area contributed by atoms with Crippen LogP contribution in [-0.2, 0) is 0 Å². The Morgan fingerprint density at radius 2 is 1.86 bits per heavy atom. The normalized spacial score (nSPS) is 11.1. The summed E-state index contributed by atoms with van der Waals surface area (Å²) in [6.07, 6.45) is 5.51. The molecule has 0 bridgehead atoms. The number of rotatable bonds is 3. The number of benzene rings is 2. The molecule has 0 saturated heterocycles. The Morgan fingerprint density at radius 1 is 1.05 bits per heavy atom. The first-order valence-corrected chi connectivity index (χ1v) is 6.53. The number of nitrogens with zero attached hydrogens (tertiary/aromatic N) is 2. The molecule has 1 heterocycles. The van der Waals surface area contributed by atoms with Crippen molar-refractivity contribution in [1.29, 1.82) is 0 Å². The first kappa shape index (κ1) is 13.1. The van der Waals surface area contributed by atoms with Crippen LogP contribution >= 0.6 is 0 Å². The van der Waals surface area contributed by atoms with Gasteiger partial charge in [0.25, 0.3) is 0 Å². The lowest BCUT2D eigenvalue weighted by molar-refractivity contribution is 0.419. The first-order chi connectivity index (χ1) is 10.3. The molecule has 0 radical (unpaired) electrons. The van der Waals surface area contributed by atoms with Crippen molar-refractivity contribution in [2.75, 3.05) is 7.11 Å². The Morgan fingerprint density at radius 3 is 2.62 bits per heavy atom. The molecule has 0 fully saturated rings. The molecule has 3 rings (SSSR count). The highest BCUT2D eigenvalue weighted by Crippen LogP contribution is 2.23. The standard InChI is InChI=1S/C17H14N2O2/c1-21-15-4-2-3-13-11-18-16(19-17(13)15)10-7-12-5-8-14(20)9-6-12/h2-11,20H,1H3/b10-7+. The van der Waals surface area contributed by atoms with Crippen molar-refractivity contribution in [3.63, 3.8) is 0 Å². The molecule has 1 N–H and O–H groups in total. The zero-order valence-electron chi connectivity index (χ0n) is 11.5. The summed E-state index contributed by atoms with van der Waals surface area (Å²) < 4.78 is 5.32. The molecule has 0 spiro atoms. The van der Waals surface area contributed by atoms with Gasteiger partial charge in [-0.2, -0.15) is 0 Å². The maximum atomic E-state index is 9.26. The number of fused-ring (bicyclic) bond motifs is 1. The molecular formula is C17H14N2O2. The molecule has 4 heteroatoms. The fourth-order valence-electron chi connectivity index (χ4n) is 2.04. The van der Waals surface area contributed by atoms with Crippen LogP contribution < -0.4 is 4.74 Å². The maximum absolute atomic E-state index is 9.26. The Balaban J connectivity index is 1.95. The number of para-hydroxylation sites is 1. The van der Waals surface area contributed by atoms with Gasteiger partial charge < -0.3 is 9.84 Å². The van der Waals surface area contributed by atoms with E-state index in [9.17, 15) is 5.11 Å². The van der Waals surface area contributed by atoms with Gasteiger partial charge in [-0.05, 0) is 29.8 Å². The third-order valence-electron chi connectivity index (χ3n) is 3.13.